The molecule has 11 atom stereocenters. The highest BCUT2D eigenvalue weighted by atomic mass is 16.5. The molecule has 5 aliphatic rings. The van der Waals surface area contributed by atoms with Crippen molar-refractivity contribution in [2.75, 3.05) is 0 Å². The minimum absolute atomic E-state index is 0.00141. The van der Waals surface area contributed by atoms with Crippen LogP contribution in [0, 0.1) is 52.3 Å². The zero-order valence-electron chi connectivity index (χ0n) is 27.0. The molecule has 4 N–H and O–H groups in total. The molecule has 4 nitrogen and oxygen atoms in total. The van der Waals surface area contributed by atoms with Crippen LogP contribution in [0.25, 0.3) is 0 Å². The van der Waals surface area contributed by atoms with E-state index in [1.165, 1.54) is 64.2 Å². The lowest BCUT2D eigenvalue weighted by Gasteiger charge is -2.61. The molecular formula is C37H60N2O2. The number of nitrogens with two attached hydrogens (primary N) is 2. The summed E-state index contributed by atoms with van der Waals surface area (Å²) in [5.41, 5.74) is 13.2. The van der Waals surface area contributed by atoms with E-state index in [4.69, 9.17) is 16.2 Å². The van der Waals surface area contributed by atoms with Crippen molar-refractivity contribution < 1.29 is 9.53 Å². The van der Waals surface area contributed by atoms with Gasteiger partial charge in [0.1, 0.15) is 6.10 Å². The minimum atomic E-state index is -0.721. The molecule has 0 heterocycles. The molecular weight excluding hydrogens is 504 g/mol. The molecule has 0 spiro atoms. The van der Waals surface area contributed by atoms with Gasteiger partial charge >= 0.3 is 5.97 Å². The van der Waals surface area contributed by atoms with E-state index in [1.54, 1.807) is 6.08 Å². The second-order valence-electron chi connectivity index (χ2n) is 16.3. The van der Waals surface area contributed by atoms with Crippen LogP contribution in [-0.4, -0.2) is 23.7 Å². The molecule has 0 aromatic rings. The first-order chi connectivity index (χ1) is 19.3. The van der Waals surface area contributed by atoms with Crippen LogP contribution in [-0.2, 0) is 9.53 Å². The van der Waals surface area contributed by atoms with Crippen molar-refractivity contribution in [1.82, 2.24) is 0 Å². The molecule has 0 amide bonds. The molecule has 0 aromatic carbocycles. The van der Waals surface area contributed by atoms with Crippen LogP contribution < -0.4 is 11.5 Å². The summed E-state index contributed by atoms with van der Waals surface area (Å²) in [6.07, 6.45) is 25.0. The molecule has 4 saturated carbocycles. The van der Waals surface area contributed by atoms with E-state index in [-0.39, 0.29) is 18.1 Å². The summed E-state index contributed by atoms with van der Waals surface area (Å²) >= 11 is 0. The number of hydrogen-bond donors (Lipinski definition) is 2. The Morgan fingerprint density at radius 3 is 2.44 bits per heavy atom. The second-order valence-corrected chi connectivity index (χ2v) is 16.3. The number of rotatable bonds is 7. The predicted octanol–water partition coefficient (Wildman–Crippen LogP) is 8.12. The monoisotopic (exact) mass is 564 g/mol. The highest BCUT2D eigenvalue weighted by molar-refractivity contribution is 5.92. The van der Waals surface area contributed by atoms with Gasteiger partial charge in [0.15, 0.2) is 0 Å². The van der Waals surface area contributed by atoms with Gasteiger partial charge in [0.2, 0.25) is 0 Å². The maximum Gasteiger partial charge on any atom is 0.338 e. The van der Waals surface area contributed by atoms with Gasteiger partial charge in [-0.05, 0) is 123 Å². The van der Waals surface area contributed by atoms with Crippen molar-refractivity contribution in [2.24, 2.45) is 63.7 Å². The van der Waals surface area contributed by atoms with Crippen LogP contribution in [0.3, 0.4) is 0 Å². The third-order valence-corrected chi connectivity index (χ3v) is 13.0. The van der Waals surface area contributed by atoms with Crippen molar-refractivity contribution >= 4 is 5.97 Å². The first-order valence-corrected chi connectivity index (χ1v) is 17.2. The van der Waals surface area contributed by atoms with E-state index in [1.807, 2.05) is 31.2 Å². The zero-order valence-corrected chi connectivity index (χ0v) is 27.0. The fraction of sp³-hybridized carbons (Fsp3) is 0.811. The van der Waals surface area contributed by atoms with E-state index in [0.717, 1.165) is 48.3 Å². The van der Waals surface area contributed by atoms with Gasteiger partial charge in [0, 0.05) is 6.04 Å². The van der Waals surface area contributed by atoms with E-state index >= 15 is 0 Å². The highest BCUT2D eigenvalue weighted by Crippen LogP contribution is 2.68. The lowest BCUT2D eigenvalue weighted by molar-refractivity contribution is -0.158. The summed E-state index contributed by atoms with van der Waals surface area (Å²) in [4.78, 5) is 13.3. The van der Waals surface area contributed by atoms with Crippen LogP contribution in [0.4, 0.5) is 0 Å². The quantitative estimate of drug-likeness (QED) is 0.242. The third-order valence-electron chi connectivity index (χ3n) is 13.0. The fourth-order valence-corrected chi connectivity index (χ4v) is 10.7. The highest BCUT2D eigenvalue weighted by Gasteiger charge is 2.60. The van der Waals surface area contributed by atoms with Crippen molar-refractivity contribution in [2.45, 2.75) is 136 Å². The number of ether oxygens (including phenoxy) is 1. The topological polar surface area (TPSA) is 78.3 Å². The normalized spacial score (nSPS) is 47.5. The van der Waals surface area contributed by atoms with Gasteiger partial charge in [-0.15, -0.1) is 0 Å². The van der Waals surface area contributed by atoms with Gasteiger partial charge in [-0.3, -0.25) is 0 Å². The Bertz CT molecular complexity index is 1040. The molecule has 0 aromatic heterocycles. The lowest BCUT2D eigenvalue weighted by atomic mass is 9.44. The second kappa shape index (κ2) is 11.9. The number of esters is 1. The average Bonchev–Trinajstić information content (AvgIpc) is 3.26. The van der Waals surface area contributed by atoms with Crippen LogP contribution in [0.2, 0.25) is 0 Å². The van der Waals surface area contributed by atoms with Crippen molar-refractivity contribution in [3.8, 4) is 0 Å². The van der Waals surface area contributed by atoms with E-state index in [9.17, 15) is 4.79 Å². The summed E-state index contributed by atoms with van der Waals surface area (Å²) in [7, 11) is 0. The van der Waals surface area contributed by atoms with Crippen LogP contribution in [0.15, 0.2) is 36.0 Å². The Labute approximate surface area is 251 Å². The molecule has 5 aliphatic carbocycles. The van der Waals surface area contributed by atoms with E-state index in [2.05, 4.69) is 34.6 Å². The molecule has 4 heteroatoms. The van der Waals surface area contributed by atoms with Crippen LogP contribution in [0.5, 0.6) is 0 Å². The number of fused-ring (bicyclic) bond motifs is 5. The largest absolute Gasteiger partial charge is 0.459 e. The molecule has 0 aliphatic heterocycles. The van der Waals surface area contributed by atoms with Crippen LogP contribution in [0.1, 0.15) is 119 Å². The minimum Gasteiger partial charge on any atom is -0.459 e. The van der Waals surface area contributed by atoms with E-state index in [0.29, 0.717) is 22.3 Å². The molecule has 41 heavy (non-hydrogen) atoms. The Morgan fingerprint density at radius 1 is 0.951 bits per heavy atom. The molecule has 0 radical (unpaired) electrons. The van der Waals surface area contributed by atoms with Gasteiger partial charge in [-0.1, -0.05) is 78.2 Å². The van der Waals surface area contributed by atoms with Gasteiger partial charge in [0.05, 0.1) is 11.1 Å². The third kappa shape index (κ3) is 6.30. The summed E-state index contributed by atoms with van der Waals surface area (Å²) in [6, 6.07) is -0.250. The fourth-order valence-electron chi connectivity index (χ4n) is 10.7. The smallest absolute Gasteiger partial charge is 0.338 e. The molecule has 0 bridgehead atoms. The standard InChI is InChI=1S/C37H60N2O2/c1-24(2)8-7-9-25(3)31-14-15-32-30-13-11-27-22-29(17-20-36(27,5)33(30)18-21-37(31,32)6)41-34(40)26-10-12-28(38)16-19-35(4,39)23-26/h10,12,16,19,23-25,27-33H,7-9,11,13-15,17-18,20-22,38-39H2,1-6H3/b12-10-,19-16-,26-23+/t25?,27?,28?,29?,30?,31?,32?,33?,35-,36?,37?/m0/s1. The molecule has 230 valence electrons. The molecule has 0 saturated heterocycles. The van der Waals surface area contributed by atoms with Crippen LogP contribution >= 0.6 is 0 Å². The van der Waals surface area contributed by atoms with Gasteiger partial charge < -0.3 is 16.2 Å². The van der Waals surface area contributed by atoms with Crippen molar-refractivity contribution in [1.29, 1.82) is 0 Å². The first kappa shape index (κ1) is 31.0. The SMILES string of the molecule is CC(C)CCCC(C)C1CCC2C3CCC4CC(OC(=O)C5=C/[C@@](C)(N)/C=C\C(N)/C=C\5)CCC4(C)C3CCC12C. The summed E-state index contributed by atoms with van der Waals surface area (Å²) < 4.78 is 6.18. The Balaban J connectivity index is 1.22. The number of carbonyl (C=O) groups excluding carboxylic acids is 1. The number of carbonyl (C=O) groups is 1. The Hall–Kier alpha value is -1.39. The maximum atomic E-state index is 13.3. The van der Waals surface area contributed by atoms with Gasteiger partial charge in [-0.2, -0.15) is 0 Å². The van der Waals surface area contributed by atoms with E-state index < -0.39 is 5.54 Å². The number of hydrogen-bond acceptors (Lipinski definition) is 4. The average molecular weight is 565 g/mol. The van der Waals surface area contributed by atoms with Crippen molar-refractivity contribution in [3.63, 3.8) is 0 Å². The summed E-state index contributed by atoms with van der Waals surface area (Å²) in [5.74, 6) is 5.66. The predicted molar refractivity (Wildman–Crippen MR) is 170 cm³/mol. The molecule has 10 unspecified atom stereocenters. The first-order valence-electron chi connectivity index (χ1n) is 17.2. The lowest BCUT2D eigenvalue weighted by Crippen LogP contribution is -2.54. The van der Waals surface area contributed by atoms with Gasteiger partial charge in [0.25, 0.3) is 0 Å². The van der Waals surface area contributed by atoms with Crippen molar-refractivity contribution in [3.05, 3.63) is 36.0 Å². The summed E-state index contributed by atoms with van der Waals surface area (Å²) in [5, 5.41) is 0. The zero-order chi connectivity index (χ0) is 29.6. The Morgan fingerprint density at radius 2 is 1.68 bits per heavy atom. The maximum absolute atomic E-state index is 13.3. The molecule has 5 rings (SSSR count). The molecule has 4 fully saturated rings. The Kier molecular flexibility index (Phi) is 9.05. The summed E-state index contributed by atoms with van der Waals surface area (Å²) in [6.45, 7) is 14.5. The van der Waals surface area contributed by atoms with Gasteiger partial charge in [-0.25, -0.2) is 4.79 Å².